The molecule has 1 N–H and O–H groups in total. The van der Waals surface area contributed by atoms with E-state index in [1.807, 2.05) is 30.3 Å². The van der Waals surface area contributed by atoms with Gasteiger partial charge in [-0.25, -0.2) is 0 Å². The Kier molecular flexibility index (Phi) is 3.68. The third-order valence-electron chi connectivity index (χ3n) is 4.18. The van der Waals surface area contributed by atoms with E-state index < -0.39 is 0 Å². The molecule has 0 aromatic heterocycles. The highest BCUT2D eigenvalue weighted by Gasteiger charge is 2.24. The highest BCUT2D eigenvalue weighted by atomic mass is 16.2. The zero-order valence-corrected chi connectivity index (χ0v) is 11.5. The van der Waals surface area contributed by atoms with Gasteiger partial charge in [-0.15, -0.1) is 0 Å². The van der Waals surface area contributed by atoms with Gasteiger partial charge >= 0.3 is 0 Å². The fraction of sp³-hybridized carbons (Fsp3) is 0.412. The lowest BCUT2D eigenvalue weighted by Gasteiger charge is -2.20. The maximum atomic E-state index is 11.8. The molecule has 0 saturated heterocycles. The van der Waals surface area contributed by atoms with E-state index in [1.165, 1.54) is 25.7 Å². The minimum absolute atomic E-state index is 0.336. The van der Waals surface area contributed by atoms with E-state index in [1.54, 1.807) is 0 Å². The van der Waals surface area contributed by atoms with Gasteiger partial charge in [0.25, 0.3) is 0 Å². The average Bonchev–Trinajstić information content (AvgIpc) is 2.76. The van der Waals surface area contributed by atoms with Gasteiger partial charge in [0, 0.05) is 6.04 Å². The standard InChI is InChI=1S/C17H19NO2/c19-16-14(12-8-4-3-5-9-12)15(17(16)20)18-13-10-6-1-2-7-11-13/h3-5,8-9,13,18H,1-2,6-7,10-11H2. The Bertz CT molecular complexity index is 645. The van der Waals surface area contributed by atoms with Crippen molar-refractivity contribution >= 4 is 5.69 Å². The first-order chi connectivity index (χ1) is 9.77. The van der Waals surface area contributed by atoms with Crippen molar-refractivity contribution in [3.63, 3.8) is 0 Å². The Labute approximate surface area is 118 Å². The molecule has 1 fully saturated rings. The Balaban J connectivity index is 1.86. The first-order valence-corrected chi connectivity index (χ1v) is 7.42. The molecule has 3 nitrogen and oxygen atoms in total. The van der Waals surface area contributed by atoms with Crippen LogP contribution in [0.1, 0.15) is 38.5 Å². The van der Waals surface area contributed by atoms with Crippen molar-refractivity contribution in [1.82, 2.24) is 0 Å². The SMILES string of the molecule is O=c1c(NC2CCCCCC2)c(-c2ccccc2)c1=O. The maximum Gasteiger partial charge on any atom is 0.250 e. The molecule has 2 aromatic rings. The van der Waals surface area contributed by atoms with Gasteiger partial charge < -0.3 is 5.32 Å². The smallest absolute Gasteiger partial charge is 0.250 e. The summed E-state index contributed by atoms with van der Waals surface area (Å²) in [7, 11) is 0. The van der Waals surface area contributed by atoms with Gasteiger partial charge in [-0.2, -0.15) is 0 Å². The number of nitrogens with one attached hydrogen (secondary N) is 1. The van der Waals surface area contributed by atoms with Gasteiger partial charge in [0.1, 0.15) is 0 Å². The quantitative estimate of drug-likeness (QED) is 0.688. The van der Waals surface area contributed by atoms with Gasteiger partial charge in [-0.3, -0.25) is 9.59 Å². The summed E-state index contributed by atoms with van der Waals surface area (Å²) in [5.41, 5.74) is 1.24. The summed E-state index contributed by atoms with van der Waals surface area (Å²) in [5.74, 6) is 0. The molecule has 0 aliphatic heterocycles. The fourth-order valence-corrected chi connectivity index (χ4v) is 3.04. The molecule has 0 heterocycles. The Morgan fingerprint density at radius 3 is 2.15 bits per heavy atom. The second-order valence-electron chi connectivity index (χ2n) is 5.61. The topological polar surface area (TPSA) is 46.2 Å². The molecule has 1 saturated carbocycles. The molecule has 0 bridgehead atoms. The van der Waals surface area contributed by atoms with Crippen LogP contribution in [0.3, 0.4) is 0 Å². The average molecular weight is 269 g/mol. The molecule has 3 rings (SSSR count). The highest BCUT2D eigenvalue weighted by Crippen LogP contribution is 2.26. The normalized spacial score (nSPS) is 17.0. The molecule has 0 spiro atoms. The predicted octanol–water partition coefficient (Wildman–Crippen LogP) is 3.08. The molecule has 1 aliphatic rings. The molecule has 1 aliphatic carbocycles. The van der Waals surface area contributed by atoms with E-state index in [9.17, 15) is 9.59 Å². The number of hydrogen-bond acceptors (Lipinski definition) is 3. The second-order valence-corrected chi connectivity index (χ2v) is 5.61. The van der Waals surface area contributed by atoms with Crippen LogP contribution in [0, 0.1) is 0 Å². The number of anilines is 1. The maximum absolute atomic E-state index is 11.8. The van der Waals surface area contributed by atoms with Crippen molar-refractivity contribution in [3.05, 3.63) is 50.8 Å². The Morgan fingerprint density at radius 2 is 1.50 bits per heavy atom. The number of hydrogen-bond donors (Lipinski definition) is 1. The minimum atomic E-state index is -0.354. The van der Waals surface area contributed by atoms with Crippen molar-refractivity contribution in [3.8, 4) is 11.1 Å². The van der Waals surface area contributed by atoms with E-state index >= 15 is 0 Å². The van der Waals surface area contributed by atoms with Crippen LogP contribution in [0.5, 0.6) is 0 Å². The first kappa shape index (κ1) is 13.1. The van der Waals surface area contributed by atoms with Crippen molar-refractivity contribution < 1.29 is 0 Å². The lowest BCUT2D eigenvalue weighted by Crippen LogP contribution is -2.38. The summed E-state index contributed by atoms with van der Waals surface area (Å²) in [5, 5.41) is 3.33. The zero-order valence-electron chi connectivity index (χ0n) is 11.5. The van der Waals surface area contributed by atoms with Crippen LogP contribution < -0.4 is 16.2 Å². The van der Waals surface area contributed by atoms with Gasteiger partial charge in [0.05, 0.1) is 11.3 Å². The Hall–Kier alpha value is -1.90. The van der Waals surface area contributed by atoms with Crippen LogP contribution in [0.2, 0.25) is 0 Å². The van der Waals surface area contributed by atoms with E-state index in [4.69, 9.17) is 0 Å². The third-order valence-corrected chi connectivity index (χ3v) is 4.18. The van der Waals surface area contributed by atoms with E-state index in [-0.39, 0.29) is 10.9 Å². The summed E-state index contributed by atoms with van der Waals surface area (Å²) < 4.78 is 0. The lowest BCUT2D eigenvalue weighted by atomic mass is 9.97. The van der Waals surface area contributed by atoms with Crippen molar-refractivity contribution in [2.24, 2.45) is 0 Å². The van der Waals surface area contributed by atoms with E-state index in [0.717, 1.165) is 18.4 Å². The Morgan fingerprint density at radius 1 is 0.850 bits per heavy atom. The highest BCUT2D eigenvalue weighted by molar-refractivity contribution is 5.81. The van der Waals surface area contributed by atoms with Crippen molar-refractivity contribution in [2.75, 3.05) is 5.32 Å². The molecule has 0 amide bonds. The van der Waals surface area contributed by atoms with Gasteiger partial charge in [0.15, 0.2) is 0 Å². The van der Waals surface area contributed by atoms with Crippen LogP contribution in [-0.4, -0.2) is 6.04 Å². The largest absolute Gasteiger partial charge is 0.378 e. The van der Waals surface area contributed by atoms with Crippen LogP contribution in [0.15, 0.2) is 39.9 Å². The molecule has 0 atom stereocenters. The fourth-order valence-electron chi connectivity index (χ4n) is 3.04. The van der Waals surface area contributed by atoms with Crippen LogP contribution in [-0.2, 0) is 0 Å². The third kappa shape index (κ3) is 2.40. The molecule has 104 valence electrons. The predicted molar refractivity (Wildman–Crippen MR) is 81.9 cm³/mol. The van der Waals surface area contributed by atoms with Crippen molar-refractivity contribution in [2.45, 2.75) is 44.6 Å². The summed E-state index contributed by atoms with van der Waals surface area (Å²) in [6.45, 7) is 0. The number of benzene rings is 1. The lowest BCUT2D eigenvalue weighted by molar-refractivity contribution is 0.619. The first-order valence-electron chi connectivity index (χ1n) is 7.42. The van der Waals surface area contributed by atoms with Crippen molar-refractivity contribution in [1.29, 1.82) is 0 Å². The summed E-state index contributed by atoms with van der Waals surface area (Å²) in [6.07, 6.45) is 7.13. The second kappa shape index (κ2) is 5.61. The molecule has 3 heteroatoms. The zero-order chi connectivity index (χ0) is 13.9. The van der Waals surface area contributed by atoms with E-state index in [2.05, 4.69) is 5.32 Å². The summed E-state index contributed by atoms with van der Waals surface area (Å²) in [6, 6.07) is 9.79. The molecule has 0 radical (unpaired) electrons. The molecular weight excluding hydrogens is 250 g/mol. The molecule has 20 heavy (non-hydrogen) atoms. The molecule has 0 unspecified atom stereocenters. The van der Waals surface area contributed by atoms with Gasteiger partial charge in [-0.1, -0.05) is 56.0 Å². The van der Waals surface area contributed by atoms with Crippen LogP contribution in [0.25, 0.3) is 11.1 Å². The van der Waals surface area contributed by atoms with Crippen LogP contribution >= 0.6 is 0 Å². The minimum Gasteiger partial charge on any atom is -0.378 e. The summed E-state index contributed by atoms with van der Waals surface area (Å²) >= 11 is 0. The van der Waals surface area contributed by atoms with E-state index in [0.29, 0.717) is 17.3 Å². The molecular formula is C17H19NO2. The molecule has 2 aromatic carbocycles. The monoisotopic (exact) mass is 269 g/mol. The number of rotatable bonds is 3. The van der Waals surface area contributed by atoms with Gasteiger partial charge in [-0.05, 0) is 18.4 Å². The van der Waals surface area contributed by atoms with Gasteiger partial charge in [0.2, 0.25) is 10.9 Å². The van der Waals surface area contributed by atoms with Crippen LogP contribution in [0.4, 0.5) is 5.69 Å². The summed E-state index contributed by atoms with van der Waals surface area (Å²) in [4.78, 5) is 23.7.